The molecule has 0 unspecified atom stereocenters. The van der Waals surface area contributed by atoms with Crippen LogP contribution in [0.4, 0.5) is 0 Å². The molecule has 3 nitrogen and oxygen atoms in total. The molecule has 0 heterocycles. The van der Waals surface area contributed by atoms with Crippen LogP contribution in [0.5, 0.6) is 17.2 Å². The van der Waals surface area contributed by atoms with E-state index in [1.54, 1.807) is 21.3 Å². The zero-order valence-corrected chi connectivity index (χ0v) is 11.4. The van der Waals surface area contributed by atoms with Crippen LogP contribution in [0.1, 0.15) is 38.2 Å². The summed E-state index contributed by atoms with van der Waals surface area (Å²) in [7, 11) is 4.91. The summed E-state index contributed by atoms with van der Waals surface area (Å²) in [6.45, 7) is 4.40. The van der Waals surface area contributed by atoms with Crippen LogP contribution in [-0.2, 0) is 0 Å². The molecule has 0 aromatic heterocycles. The van der Waals surface area contributed by atoms with Gasteiger partial charge in [-0.2, -0.15) is 0 Å². The molecule has 0 saturated heterocycles. The summed E-state index contributed by atoms with van der Waals surface area (Å²) in [5.41, 5.74) is 1.22. The van der Waals surface area contributed by atoms with E-state index in [2.05, 4.69) is 13.8 Å². The predicted octanol–water partition coefficient (Wildman–Crippen LogP) is 3.62. The van der Waals surface area contributed by atoms with Crippen LogP contribution in [0.2, 0.25) is 0 Å². The Balaban J connectivity index is 3.17. The number of methoxy groups -OCH3 is 3. The summed E-state index contributed by atoms with van der Waals surface area (Å²) in [5.74, 6) is 2.60. The van der Waals surface area contributed by atoms with E-state index in [-0.39, 0.29) is 0 Å². The maximum absolute atomic E-state index is 5.34. The van der Waals surface area contributed by atoms with Gasteiger partial charge in [0.25, 0.3) is 0 Å². The number of hydrogen-bond donors (Lipinski definition) is 0. The fourth-order valence-electron chi connectivity index (χ4n) is 1.99. The van der Waals surface area contributed by atoms with E-state index in [9.17, 15) is 0 Å². The van der Waals surface area contributed by atoms with Gasteiger partial charge in [-0.25, -0.2) is 0 Å². The average molecular weight is 238 g/mol. The van der Waals surface area contributed by atoms with E-state index >= 15 is 0 Å². The fraction of sp³-hybridized carbons (Fsp3) is 0.571. The molecule has 0 fully saturated rings. The molecule has 0 radical (unpaired) electrons. The Hall–Kier alpha value is -1.38. The van der Waals surface area contributed by atoms with Crippen molar-refractivity contribution in [3.8, 4) is 17.2 Å². The first kappa shape index (κ1) is 13.7. The van der Waals surface area contributed by atoms with Gasteiger partial charge in [0.15, 0.2) is 11.5 Å². The first-order valence-electron chi connectivity index (χ1n) is 5.97. The number of benzene rings is 1. The normalized spacial score (nSPS) is 12.1. The lowest BCUT2D eigenvalue weighted by Crippen LogP contribution is -1.99. The summed E-state index contributed by atoms with van der Waals surface area (Å²) in [6.07, 6.45) is 2.32. The summed E-state index contributed by atoms with van der Waals surface area (Å²) < 4.78 is 16.0. The third-order valence-corrected chi connectivity index (χ3v) is 2.98. The van der Waals surface area contributed by atoms with Crippen molar-refractivity contribution < 1.29 is 14.2 Å². The van der Waals surface area contributed by atoms with Crippen LogP contribution in [0.15, 0.2) is 12.1 Å². The van der Waals surface area contributed by atoms with Crippen molar-refractivity contribution in [1.82, 2.24) is 0 Å². The van der Waals surface area contributed by atoms with Gasteiger partial charge < -0.3 is 14.2 Å². The van der Waals surface area contributed by atoms with Crippen molar-refractivity contribution >= 4 is 0 Å². The SMILES string of the molecule is CCC[C@@H](C)c1cc(OC)c(OC)c(OC)c1. The smallest absolute Gasteiger partial charge is 0.203 e. The molecule has 0 aliphatic carbocycles. The molecule has 0 bridgehead atoms. The average Bonchev–Trinajstić information content (AvgIpc) is 2.37. The number of rotatable bonds is 6. The molecule has 0 N–H and O–H groups in total. The van der Waals surface area contributed by atoms with Gasteiger partial charge >= 0.3 is 0 Å². The highest BCUT2D eigenvalue weighted by atomic mass is 16.5. The van der Waals surface area contributed by atoms with E-state index in [1.807, 2.05) is 12.1 Å². The van der Waals surface area contributed by atoms with Crippen molar-refractivity contribution in [1.29, 1.82) is 0 Å². The topological polar surface area (TPSA) is 27.7 Å². The Morgan fingerprint density at radius 3 is 1.88 bits per heavy atom. The molecule has 0 amide bonds. The summed E-state index contributed by atoms with van der Waals surface area (Å²) >= 11 is 0. The van der Waals surface area contributed by atoms with Crippen molar-refractivity contribution in [3.63, 3.8) is 0 Å². The molecule has 0 saturated carbocycles. The summed E-state index contributed by atoms with van der Waals surface area (Å²) in [4.78, 5) is 0. The molecule has 3 heteroatoms. The van der Waals surface area contributed by atoms with E-state index in [1.165, 1.54) is 5.56 Å². The Bertz CT molecular complexity index is 335. The van der Waals surface area contributed by atoms with Gasteiger partial charge in [0.05, 0.1) is 21.3 Å². The Morgan fingerprint density at radius 2 is 1.53 bits per heavy atom. The second-order valence-corrected chi connectivity index (χ2v) is 4.15. The highest BCUT2D eigenvalue weighted by Gasteiger charge is 2.15. The standard InChI is InChI=1S/C14H22O3/c1-6-7-10(2)11-8-12(15-3)14(17-5)13(9-11)16-4/h8-10H,6-7H2,1-5H3/t10-/m1/s1. The summed E-state index contributed by atoms with van der Waals surface area (Å²) in [6, 6.07) is 4.06. The largest absolute Gasteiger partial charge is 0.493 e. The number of hydrogen-bond acceptors (Lipinski definition) is 3. The van der Waals surface area contributed by atoms with E-state index < -0.39 is 0 Å². The minimum Gasteiger partial charge on any atom is -0.493 e. The molecule has 0 aliphatic rings. The molecule has 1 rings (SSSR count). The highest BCUT2D eigenvalue weighted by molar-refractivity contribution is 5.54. The Labute approximate surface area is 104 Å². The van der Waals surface area contributed by atoms with Gasteiger partial charge in [-0.05, 0) is 30.0 Å². The van der Waals surface area contributed by atoms with Crippen LogP contribution in [0, 0.1) is 0 Å². The lowest BCUT2D eigenvalue weighted by molar-refractivity contribution is 0.323. The molecule has 96 valence electrons. The minimum absolute atomic E-state index is 0.494. The molecule has 0 spiro atoms. The van der Waals surface area contributed by atoms with Crippen LogP contribution < -0.4 is 14.2 Å². The van der Waals surface area contributed by atoms with Crippen molar-refractivity contribution in [3.05, 3.63) is 17.7 Å². The lowest BCUT2D eigenvalue weighted by atomic mass is 9.96. The van der Waals surface area contributed by atoms with Gasteiger partial charge in [0.1, 0.15) is 0 Å². The van der Waals surface area contributed by atoms with Crippen LogP contribution in [0.3, 0.4) is 0 Å². The van der Waals surface area contributed by atoms with Gasteiger partial charge in [-0.3, -0.25) is 0 Å². The molecule has 1 atom stereocenters. The highest BCUT2D eigenvalue weighted by Crippen LogP contribution is 2.40. The Kier molecular flexibility index (Phi) is 5.13. The maximum atomic E-state index is 5.34. The second-order valence-electron chi connectivity index (χ2n) is 4.15. The first-order valence-corrected chi connectivity index (χ1v) is 5.97. The van der Waals surface area contributed by atoms with E-state index in [4.69, 9.17) is 14.2 Å². The van der Waals surface area contributed by atoms with Gasteiger partial charge in [-0.15, -0.1) is 0 Å². The zero-order valence-electron chi connectivity index (χ0n) is 11.4. The molecule has 1 aromatic carbocycles. The molecule has 0 aliphatic heterocycles. The predicted molar refractivity (Wildman–Crippen MR) is 69.4 cm³/mol. The zero-order chi connectivity index (χ0) is 12.8. The Morgan fingerprint density at radius 1 is 1.00 bits per heavy atom. The molecular weight excluding hydrogens is 216 g/mol. The second kappa shape index (κ2) is 6.38. The third kappa shape index (κ3) is 3.05. The van der Waals surface area contributed by atoms with E-state index in [0.717, 1.165) is 24.3 Å². The van der Waals surface area contributed by atoms with E-state index in [0.29, 0.717) is 11.7 Å². The maximum Gasteiger partial charge on any atom is 0.203 e. The molecular formula is C14H22O3. The van der Waals surface area contributed by atoms with Gasteiger partial charge in [-0.1, -0.05) is 20.3 Å². The first-order chi connectivity index (χ1) is 8.17. The molecule has 1 aromatic rings. The van der Waals surface area contributed by atoms with Gasteiger partial charge in [0, 0.05) is 0 Å². The third-order valence-electron chi connectivity index (χ3n) is 2.98. The van der Waals surface area contributed by atoms with Crippen LogP contribution in [0.25, 0.3) is 0 Å². The number of ether oxygens (including phenoxy) is 3. The molecule has 17 heavy (non-hydrogen) atoms. The van der Waals surface area contributed by atoms with Crippen molar-refractivity contribution in [2.24, 2.45) is 0 Å². The fourth-order valence-corrected chi connectivity index (χ4v) is 1.99. The van der Waals surface area contributed by atoms with Crippen LogP contribution >= 0.6 is 0 Å². The lowest BCUT2D eigenvalue weighted by Gasteiger charge is -2.17. The van der Waals surface area contributed by atoms with Gasteiger partial charge in [0.2, 0.25) is 5.75 Å². The van der Waals surface area contributed by atoms with Crippen molar-refractivity contribution in [2.45, 2.75) is 32.6 Å². The van der Waals surface area contributed by atoms with Crippen LogP contribution in [-0.4, -0.2) is 21.3 Å². The quantitative estimate of drug-likeness (QED) is 0.757. The van der Waals surface area contributed by atoms with Crippen molar-refractivity contribution in [2.75, 3.05) is 21.3 Å². The summed E-state index contributed by atoms with van der Waals surface area (Å²) in [5, 5.41) is 0. The monoisotopic (exact) mass is 238 g/mol. The minimum atomic E-state index is 0.494.